The van der Waals surface area contributed by atoms with Crippen molar-refractivity contribution in [1.29, 1.82) is 0 Å². The lowest BCUT2D eigenvalue weighted by Crippen LogP contribution is -2.31. The molecule has 2 aromatic carbocycles. The number of carbonyl (C=O) groups excluding carboxylic acids is 3. The fourth-order valence-electron chi connectivity index (χ4n) is 4.35. The summed E-state index contributed by atoms with van der Waals surface area (Å²) in [6, 6.07) is 11.4. The van der Waals surface area contributed by atoms with Crippen molar-refractivity contribution in [2.45, 2.75) is 55.6 Å². The van der Waals surface area contributed by atoms with Gasteiger partial charge < -0.3 is 5.32 Å². The number of rotatable bonds is 7. The fourth-order valence-corrected chi connectivity index (χ4v) is 6.20. The van der Waals surface area contributed by atoms with Crippen molar-refractivity contribution in [2.75, 3.05) is 11.9 Å². The summed E-state index contributed by atoms with van der Waals surface area (Å²) in [5, 5.41) is 2.43. The molecule has 2 aromatic rings. The number of imide groups is 1. The predicted octanol–water partition coefficient (Wildman–Crippen LogP) is 3.73. The van der Waals surface area contributed by atoms with Crippen LogP contribution in [0.4, 0.5) is 5.69 Å². The second-order valence-corrected chi connectivity index (χ2v) is 10.7. The molecule has 0 atom stereocenters. The molecule has 1 aliphatic heterocycles. The molecule has 1 heterocycles. The van der Waals surface area contributed by atoms with Crippen LogP contribution in [0.1, 0.15) is 64.8 Å². The summed E-state index contributed by atoms with van der Waals surface area (Å²) in [6.45, 7) is 2.03. The van der Waals surface area contributed by atoms with E-state index >= 15 is 0 Å². The molecule has 0 radical (unpaired) electrons. The van der Waals surface area contributed by atoms with Crippen LogP contribution >= 0.6 is 0 Å². The lowest BCUT2D eigenvalue weighted by Gasteiger charge is -2.14. The van der Waals surface area contributed by atoms with Gasteiger partial charge in [-0.2, -0.15) is 0 Å². The van der Waals surface area contributed by atoms with Gasteiger partial charge in [-0.25, -0.2) is 8.42 Å². The molecule has 0 saturated heterocycles. The van der Waals surface area contributed by atoms with Gasteiger partial charge in [-0.15, -0.1) is 0 Å². The maximum Gasteiger partial charge on any atom is 0.261 e. The molecule has 0 bridgehead atoms. The number of hydrogen-bond donors (Lipinski definition) is 1. The number of hydrogen-bond acceptors (Lipinski definition) is 5. The van der Waals surface area contributed by atoms with E-state index in [0.717, 1.165) is 18.4 Å². The highest BCUT2D eigenvalue weighted by Crippen LogP contribution is 2.30. The highest BCUT2D eigenvalue weighted by Gasteiger charge is 2.35. The minimum Gasteiger partial charge on any atom is -0.326 e. The average Bonchev–Trinajstić information content (AvgIpc) is 3.38. The Morgan fingerprint density at radius 2 is 1.66 bits per heavy atom. The average molecular weight is 455 g/mol. The molecule has 32 heavy (non-hydrogen) atoms. The Labute approximate surface area is 187 Å². The van der Waals surface area contributed by atoms with E-state index < -0.39 is 9.84 Å². The van der Waals surface area contributed by atoms with Crippen LogP contribution in [0, 0.1) is 6.92 Å². The van der Waals surface area contributed by atoms with Gasteiger partial charge in [0.2, 0.25) is 5.91 Å². The lowest BCUT2D eigenvalue weighted by atomic mass is 10.1. The SMILES string of the molecule is Cc1ccc2c(c1)C(=O)N(CCCC(=O)Nc1ccc(S(=O)(=O)C3CCCC3)cc1)C2=O. The molecule has 168 valence electrons. The molecule has 8 heteroatoms. The first-order valence-electron chi connectivity index (χ1n) is 10.9. The second kappa shape index (κ2) is 8.86. The minimum atomic E-state index is -3.33. The monoisotopic (exact) mass is 454 g/mol. The van der Waals surface area contributed by atoms with Gasteiger partial charge >= 0.3 is 0 Å². The zero-order valence-corrected chi connectivity index (χ0v) is 18.8. The molecule has 1 aliphatic carbocycles. The van der Waals surface area contributed by atoms with E-state index in [1.807, 2.05) is 6.92 Å². The van der Waals surface area contributed by atoms with Gasteiger partial charge in [0.1, 0.15) is 0 Å². The van der Waals surface area contributed by atoms with E-state index in [4.69, 9.17) is 0 Å². The molecular weight excluding hydrogens is 428 g/mol. The summed E-state index contributed by atoms with van der Waals surface area (Å²) in [6.07, 6.45) is 3.76. The van der Waals surface area contributed by atoms with Gasteiger partial charge in [0.25, 0.3) is 11.8 Å². The largest absolute Gasteiger partial charge is 0.326 e. The van der Waals surface area contributed by atoms with Gasteiger partial charge in [-0.3, -0.25) is 19.3 Å². The van der Waals surface area contributed by atoms with Crippen molar-refractivity contribution in [3.05, 3.63) is 59.2 Å². The molecule has 4 rings (SSSR count). The molecule has 1 saturated carbocycles. The number of aryl methyl sites for hydroxylation is 1. The van der Waals surface area contributed by atoms with Crippen molar-refractivity contribution in [3.8, 4) is 0 Å². The number of nitrogens with one attached hydrogen (secondary N) is 1. The van der Waals surface area contributed by atoms with E-state index in [1.165, 1.54) is 17.0 Å². The quantitative estimate of drug-likeness (QED) is 0.643. The van der Waals surface area contributed by atoms with E-state index in [0.29, 0.717) is 36.1 Å². The van der Waals surface area contributed by atoms with Crippen molar-refractivity contribution in [1.82, 2.24) is 4.90 Å². The third kappa shape index (κ3) is 4.32. The van der Waals surface area contributed by atoms with Gasteiger partial charge in [0.15, 0.2) is 9.84 Å². The maximum atomic E-state index is 12.6. The van der Waals surface area contributed by atoms with Gasteiger partial charge in [0, 0.05) is 18.7 Å². The highest BCUT2D eigenvalue weighted by atomic mass is 32.2. The lowest BCUT2D eigenvalue weighted by molar-refractivity contribution is -0.116. The predicted molar refractivity (Wildman–Crippen MR) is 120 cm³/mol. The Balaban J connectivity index is 1.29. The second-order valence-electron chi connectivity index (χ2n) is 8.44. The van der Waals surface area contributed by atoms with Crippen LogP contribution in [-0.2, 0) is 14.6 Å². The van der Waals surface area contributed by atoms with E-state index in [1.54, 1.807) is 30.3 Å². The van der Waals surface area contributed by atoms with Crippen molar-refractivity contribution in [3.63, 3.8) is 0 Å². The number of benzene rings is 2. The number of sulfone groups is 1. The molecule has 1 N–H and O–H groups in total. The summed E-state index contributed by atoms with van der Waals surface area (Å²) in [5.41, 5.74) is 2.23. The molecule has 1 fully saturated rings. The number of nitrogens with zero attached hydrogens (tertiary/aromatic N) is 1. The van der Waals surface area contributed by atoms with Crippen molar-refractivity contribution >= 4 is 33.2 Å². The van der Waals surface area contributed by atoms with Crippen LogP contribution in [0.2, 0.25) is 0 Å². The van der Waals surface area contributed by atoms with E-state index in [-0.39, 0.29) is 40.8 Å². The molecule has 0 spiro atoms. The Morgan fingerprint density at radius 1 is 1.00 bits per heavy atom. The minimum absolute atomic E-state index is 0.133. The highest BCUT2D eigenvalue weighted by molar-refractivity contribution is 7.92. The Morgan fingerprint density at radius 3 is 2.34 bits per heavy atom. The zero-order valence-electron chi connectivity index (χ0n) is 18.0. The third-order valence-corrected chi connectivity index (χ3v) is 8.40. The first-order valence-corrected chi connectivity index (χ1v) is 12.4. The van der Waals surface area contributed by atoms with Crippen LogP contribution in [0.15, 0.2) is 47.4 Å². The van der Waals surface area contributed by atoms with Crippen LogP contribution in [0.3, 0.4) is 0 Å². The van der Waals surface area contributed by atoms with Gasteiger partial charge in [0.05, 0.1) is 21.3 Å². The van der Waals surface area contributed by atoms with Crippen LogP contribution in [0.5, 0.6) is 0 Å². The number of amides is 3. The standard InChI is InChI=1S/C24H26N2O5S/c1-16-8-13-20-21(15-16)24(29)26(23(20)28)14-4-7-22(27)25-17-9-11-19(12-10-17)32(30,31)18-5-2-3-6-18/h8-13,15,18H,2-7,14H2,1H3,(H,25,27). The fraction of sp³-hybridized carbons (Fsp3) is 0.375. The van der Waals surface area contributed by atoms with Gasteiger partial charge in [-0.05, 0) is 62.6 Å². The Kier molecular flexibility index (Phi) is 6.15. The van der Waals surface area contributed by atoms with Crippen LogP contribution in [0.25, 0.3) is 0 Å². The first-order chi connectivity index (χ1) is 15.3. The molecular formula is C24H26N2O5S. The Hall–Kier alpha value is -3.00. The first kappa shape index (κ1) is 22.2. The molecule has 0 aromatic heterocycles. The van der Waals surface area contributed by atoms with Crippen molar-refractivity contribution in [2.24, 2.45) is 0 Å². The van der Waals surface area contributed by atoms with E-state index in [9.17, 15) is 22.8 Å². The van der Waals surface area contributed by atoms with Crippen LogP contribution < -0.4 is 5.32 Å². The summed E-state index contributed by atoms with van der Waals surface area (Å²) >= 11 is 0. The maximum absolute atomic E-state index is 12.6. The smallest absolute Gasteiger partial charge is 0.261 e. The summed E-state index contributed by atoms with van der Waals surface area (Å²) in [4.78, 5) is 38.7. The normalized spacial score (nSPS) is 16.5. The van der Waals surface area contributed by atoms with Crippen LogP contribution in [-0.4, -0.2) is 42.8 Å². The van der Waals surface area contributed by atoms with Gasteiger partial charge in [-0.1, -0.05) is 24.5 Å². The summed E-state index contributed by atoms with van der Waals surface area (Å²) in [7, 11) is -3.33. The summed E-state index contributed by atoms with van der Waals surface area (Å²) in [5.74, 6) is -0.915. The third-order valence-electron chi connectivity index (χ3n) is 6.12. The molecule has 2 aliphatic rings. The molecule has 7 nitrogen and oxygen atoms in total. The molecule has 3 amide bonds. The topological polar surface area (TPSA) is 101 Å². The number of carbonyl (C=O) groups is 3. The molecule has 0 unspecified atom stereocenters. The summed E-state index contributed by atoms with van der Waals surface area (Å²) < 4.78 is 25.3. The van der Waals surface area contributed by atoms with Crippen molar-refractivity contribution < 1.29 is 22.8 Å². The zero-order chi connectivity index (χ0) is 22.9. The Bertz CT molecular complexity index is 1170. The number of fused-ring (bicyclic) bond motifs is 1. The van der Waals surface area contributed by atoms with E-state index in [2.05, 4.69) is 5.32 Å². The number of anilines is 1.